The summed E-state index contributed by atoms with van der Waals surface area (Å²) in [7, 11) is -2.45. The van der Waals surface area contributed by atoms with Gasteiger partial charge >= 0.3 is 5.97 Å². The standard InChI is InChI=1S/C13H17NO6S/c1-3-6-14(7-8-20-2)21(18,19)10-4-5-12(15)11(9-10)13(16)17/h3-5,9,15H,1,6-8H2,2H3,(H,16,17). The van der Waals surface area contributed by atoms with E-state index in [4.69, 9.17) is 9.84 Å². The molecule has 0 unspecified atom stereocenters. The lowest BCUT2D eigenvalue weighted by Crippen LogP contribution is -2.34. The molecule has 0 atom stereocenters. The highest BCUT2D eigenvalue weighted by Crippen LogP contribution is 2.23. The maximum absolute atomic E-state index is 12.5. The summed E-state index contributed by atoms with van der Waals surface area (Å²) in [6.45, 7) is 3.86. The Morgan fingerprint density at radius 3 is 2.67 bits per heavy atom. The smallest absolute Gasteiger partial charge is 0.339 e. The van der Waals surface area contributed by atoms with Crippen molar-refractivity contribution in [3.63, 3.8) is 0 Å². The molecule has 0 spiro atoms. The second kappa shape index (κ2) is 7.21. The summed E-state index contributed by atoms with van der Waals surface area (Å²) in [5, 5.41) is 18.4. The van der Waals surface area contributed by atoms with E-state index in [1.165, 1.54) is 13.2 Å². The van der Waals surface area contributed by atoms with Gasteiger partial charge in [0, 0.05) is 20.2 Å². The van der Waals surface area contributed by atoms with Crippen molar-refractivity contribution < 1.29 is 28.2 Å². The average molecular weight is 315 g/mol. The van der Waals surface area contributed by atoms with Gasteiger partial charge in [0.1, 0.15) is 11.3 Å². The van der Waals surface area contributed by atoms with E-state index in [2.05, 4.69) is 6.58 Å². The lowest BCUT2D eigenvalue weighted by atomic mass is 10.2. The van der Waals surface area contributed by atoms with Crippen molar-refractivity contribution in [1.29, 1.82) is 0 Å². The van der Waals surface area contributed by atoms with E-state index in [0.29, 0.717) is 0 Å². The van der Waals surface area contributed by atoms with Gasteiger partial charge in [0.05, 0.1) is 11.5 Å². The van der Waals surface area contributed by atoms with E-state index >= 15 is 0 Å². The molecule has 0 heterocycles. The first kappa shape index (κ1) is 17.2. The Kier molecular flexibility index (Phi) is 5.89. The van der Waals surface area contributed by atoms with Crippen LogP contribution in [0.1, 0.15) is 10.4 Å². The van der Waals surface area contributed by atoms with E-state index in [-0.39, 0.29) is 24.6 Å². The largest absolute Gasteiger partial charge is 0.507 e. The number of phenols is 1. The molecule has 21 heavy (non-hydrogen) atoms. The Morgan fingerprint density at radius 1 is 1.48 bits per heavy atom. The van der Waals surface area contributed by atoms with Crippen LogP contribution >= 0.6 is 0 Å². The van der Waals surface area contributed by atoms with Gasteiger partial charge in [0.2, 0.25) is 10.0 Å². The number of benzene rings is 1. The van der Waals surface area contributed by atoms with Gasteiger partial charge in [-0.2, -0.15) is 4.31 Å². The molecule has 0 saturated heterocycles. The van der Waals surface area contributed by atoms with Crippen molar-refractivity contribution in [2.75, 3.05) is 26.8 Å². The predicted molar refractivity (Wildman–Crippen MR) is 75.9 cm³/mol. The molecule has 1 aromatic carbocycles. The summed E-state index contributed by atoms with van der Waals surface area (Å²) in [5.74, 6) is -1.90. The number of ether oxygens (including phenoxy) is 1. The third kappa shape index (κ3) is 4.03. The fourth-order valence-corrected chi connectivity index (χ4v) is 3.06. The van der Waals surface area contributed by atoms with Crippen LogP contribution in [-0.4, -0.2) is 55.7 Å². The molecule has 8 heteroatoms. The van der Waals surface area contributed by atoms with Gasteiger partial charge in [-0.3, -0.25) is 0 Å². The minimum atomic E-state index is -3.90. The summed E-state index contributed by atoms with van der Waals surface area (Å²) >= 11 is 0. The third-order valence-corrected chi connectivity index (χ3v) is 4.57. The second-order valence-corrected chi connectivity index (χ2v) is 6.07. The van der Waals surface area contributed by atoms with Gasteiger partial charge in [-0.05, 0) is 18.2 Å². The maximum Gasteiger partial charge on any atom is 0.339 e. The molecule has 0 bridgehead atoms. The number of carbonyl (C=O) groups is 1. The topological polar surface area (TPSA) is 104 Å². The summed E-state index contributed by atoms with van der Waals surface area (Å²) in [6, 6.07) is 3.12. The Labute approximate surface area is 123 Å². The third-order valence-electron chi connectivity index (χ3n) is 2.71. The van der Waals surface area contributed by atoms with E-state index in [1.54, 1.807) is 0 Å². The van der Waals surface area contributed by atoms with Crippen molar-refractivity contribution in [1.82, 2.24) is 4.31 Å². The average Bonchev–Trinajstić information content (AvgIpc) is 2.43. The number of sulfonamides is 1. The van der Waals surface area contributed by atoms with Crippen molar-refractivity contribution in [3.05, 3.63) is 36.4 Å². The lowest BCUT2D eigenvalue weighted by Gasteiger charge is -2.20. The van der Waals surface area contributed by atoms with Crippen LogP contribution in [0.25, 0.3) is 0 Å². The summed E-state index contributed by atoms with van der Waals surface area (Å²) < 4.78 is 30.9. The van der Waals surface area contributed by atoms with Crippen LogP contribution in [0.2, 0.25) is 0 Å². The summed E-state index contributed by atoms with van der Waals surface area (Å²) in [5.41, 5.74) is -0.471. The van der Waals surface area contributed by atoms with Gasteiger partial charge in [-0.15, -0.1) is 6.58 Å². The second-order valence-electron chi connectivity index (χ2n) is 4.13. The Hall–Kier alpha value is -1.90. The van der Waals surface area contributed by atoms with E-state index in [1.807, 2.05) is 0 Å². The van der Waals surface area contributed by atoms with Crippen LogP contribution in [0, 0.1) is 0 Å². The van der Waals surface area contributed by atoms with E-state index < -0.39 is 27.3 Å². The van der Waals surface area contributed by atoms with Crippen LogP contribution < -0.4 is 0 Å². The molecule has 7 nitrogen and oxygen atoms in total. The fraction of sp³-hybridized carbons (Fsp3) is 0.308. The van der Waals surface area contributed by atoms with Gasteiger partial charge in [-0.25, -0.2) is 13.2 Å². The summed E-state index contributed by atoms with van der Waals surface area (Å²) in [4.78, 5) is 10.8. The van der Waals surface area contributed by atoms with Crippen molar-refractivity contribution >= 4 is 16.0 Å². The molecule has 0 saturated carbocycles. The zero-order chi connectivity index (χ0) is 16.0. The monoisotopic (exact) mass is 315 g/mol. The van der Waals surface area contributed by atoms with Gasteiger partial charge in [0.25, 0.3) is 0 Å². The molecule has 0 fully saturated rings. The van der Waals surface area contributed by atoms with Crippen molar-refractivity contribution in [2.45, 2.75) is 4.90 Å². The molecule has 0 amide bonds. The summed E-state index contributed by atoms with van der Waals surface area (Å²) in [6.07, 6.45) is 1.42. The van der Waals surface area contributed by atoms with Crippen LogP contribution in [0.5, 0.6) is 5.75 Å². The van der Waals surface area contributed by atoms with Crippen molar-refractivity contribution in [2.24, 2.45) is 0 Å². The predicted octanol–water partition coefficient (Wildman–Crippen LogP) is 0.914. The first-order valence-electron chi connectivity index (χ1n) is 6.01. The molecular formula is C13H17NO6S. The normalized spacial score (nSPS) is 11.5. The molecular weight excluding hydrogens is 298 g/mol. The Balaban J connectivity index is 3.24. The molecule has 0 radical (unpaired) electrons. The molecule has 116 valence electrons. The highest BCUT2D eigenvalue weighted by atomic mass is 32.2. The van der Waals surface area contributed by atoms with Crippen molar-refractivity contribution in [3.8, 4) is 5.75 Å². The fourth-order valence-electron chi connectivity index (χ4n) is 1.64. The van der Waals surface area contributed by atoms with Gasteiger partial charge in [0.15, 0.2) is 0 Å². The maximum atomic E-state index is 12.5. The number of aromatic carboxylic acids is 1. The number of carboxylic acids is 1. The first-order chi connectivity index (χ1) is 9.84. The minimum absolute atomic E-state index is 0.0645. The lowest BCUT2D eigenvalue weighted by molar-refractivity contribution is 0.0693. The van der Waals surface area contributed by atoms with Crippen LogP contribution in [-0.2, 0) is 14.8 Å². The zero-order valence-electron chi connectivity index (χ0n) is 11.5. The quantitative estimate of drug-likeness (QED) is 0.691. The molecule has 0 aliphatic heterocycles. The van der Waals surface area contributed by atoms with Crippen LogP contribution in [0.15, 0.2) is 35.7 Å². The highest BCUT2D eigenvalue weighted by molar-refractivity contribution is 7.89. The van der Waals surface area contributed by atoms with Gasteiger partial charge in [-0.1, -0.05) is 6.08 Å². The first-order valence-corrected chi connectivity index (χ1v) is 7.45. The number of carboxylic acid groups (broad SMARTS) is 1. The van der Waals surface area contributed by atoms with E-state index in [9.17, 15) is 18.3 Å². The highest BCUT2D eigenvalue weighted by Gasteiger charge is 2.25. The number of methoxy groups -OCH3 is 1. The number of nitrogens with zero attached hydrogens (tertiary/aromatic N) is 1. The molecule has 2 N–H and O–H groups in total. The van der Waals surface area contributed by atoms with Gasteiger partial charge < -0.3 is 14.9 Å². The zero-order valence-corrected chi connectivity index (χ0v) is 12.3. The molecule has 0 aliphatic carbocycles. The number of hydrogen-bond acceptors (Lipinski definition) is 5. The van der Waals surface area contributed by atoms with Crippen LogP contribution in [0.3, 0.4) is 0 Å². The van der Waals surface area contributed by atoms with Crippen LogP contribution in [0.4, 0.5) is 0 Å². The molecule has 1 rings (SSSR count). The Morgan fingerprint density at radius 2 is 2.14 bits per heavy atom. The number of hydrogen-bond donors (Lipinski definition) is 2. The number of rotatable bonds is 8. The molecule has 1 aromatic rings. The SMILES string of the molecule is C=CCN(CCOC)S(=O)(=O)c1ccc(O)c(C(=O)O)c1. The molecule has 0 aliphatic rings. The van der Waals surface area contributed by atoms with E-state index in [0.717, 1.165) is 22.5 Å². The molecule has 0 aromatic heterocycles. The Bertz CT molecular complexity index is 626. The minimum Gasteiger partial charge on any atom is -0.507 e. The number of aromatic hydroxyl groups is 1.